The molecule has 1 aliphatic rings. The van der Waals surface area contributed by atoms with Crippen molar-refractivity contribution in [1.82, 2.24) is 10.2 Å². The molecule has 0 aromatic carbocycles. The van der Waals surface area contributed by atoms with Gasteiger partial charge in [0.1, 0.15) is 0 Å². The Labute approximate surface area is 104 Å². The van der Waals surface area contributed by atoms with Gasteiger partial charge < -0.3 is 10.4 Å². The van der Waals surface area contributed by atoms with Gasteiger partial charge >= 0.3 is 0 Å². The van der Waals surface area contributed by atoms with E-state index in [-0.39, 0.29) is 24.6 Å². The Balaban J connectivity index is 2.50. The van der Waals surface area contributed by atoms with E-state index >= 15 is 0 Å². The minimum atomic E-state index is -0.138. The highest BCUT2D eigenvalue weighted by Crippen LogP contribution is 2.26. The van der Waals surface area contributed by atoms with Crippen molar-refractivity contribution in [3.63, 3.8) is 0 Å². The molecule has 2 unspecified atom stereocenters. The molecule has 1 rings (SSSR count). The Morgan fingerprint density at radius 2 is 2.12 bits per heavy atom. The normalized spacial score (nSPS) is 19.8. The van der Waals surface area contributed by atoms with Gasteiger partial charge in [-0.1, -0.05) is 13.3 Å². The van der Waals surface area contributed by atoms with E-state index in [9.17, 15) is 4.79 Å². The summed E-state index contributed by atoms with van der Waals surface area (Å²) in [6, 6.07) is 0.573. The van der Waals surface area contributed by atoms with Crippen LogP contribution >= 0.6 is 0 Å². The maximum atomic E-state index is 12.0. The van der Waals surface area contributed by atoms with Crippen LogP contribution in [0.2, 0.25) is 0 Å². The number of aliphatic hydroxyl groups is 1. The number of amides is 1. The molecular formula is C13H26N2O2. The highest BCUT2D eigenvalue weighted by atomic mass is 16.3. The van der Waals surface area contributed by atoms with Gasteiger partial charge in [0.25, 0.3) is 0 Å². The van der Waals surface area contributed by atoms with Crippen molar-refractivity contribution in [3.05, 3.63) is 0 Å². The lowest BCUT2D eigenvalue weighted by Crippen LogP contribution is -2.54. The second-order valence-electron chi connectivity index (χ2n) is 5.04. The van der Waals surface area contributed by atoms with Gasteiger partial charge in [0.05, 0.1) is 12.6 Å². The average molecular weight is 242 g/mol. The molecule has 2 N–H and O–H groups in total. The first-order valence-corrected chi connectivity index (χ1v) is 6.77. The number of carbonyl (C=O) groups is 1. The van der Waals surface area contributed by atoms with Crippen molar-refractivity contribution in [2.24, 2.45) is 0 Å². The van der Waals surface area contributed by atoms with Crippen molar-refractivity contribution in [2.45, 2.75) is 64.6 Å². The van der Waals surface area contributed by atoms with E-state index in [2.05, 4.69) is 17.1 Å². The summed E-state index contributed by atoms with van der Waals surface area (Å²) in [5, 5.41) is 12.1. The molecule has 0 spiro atoms. The van der Waals surface area contributed by atoms with Crippen molar-refractivity contribution in [3.8, 4) is 0 Å². The number of hydrogen-bond donors (Lipinski definition) is 2. The Kier molecular flexibility index (Phi) is 5.92. The Bertz CT molecular complexity index is 242. The Morgan fingerprint density at radius 3 is 2.53 bits per heavy atom. The maximum absolute atomic E-state index is 12.0. The third-order valence-corrected chi connectivity index (χ3v) is 3.78. The van der Waals surface area contributed by atoms with Crippen LogP contribution in [-0.4, -0.2) is 47.2 Å². The van der Waals surface area contributed by atoms with Crippen LogP contribution in [0.5, 0.6) is 0 Å². The molecule has 0 aromatic rings. The molecule has 0 bridgehead atoms. The standard InChI is InChI=1S/C13H26N2O2/c1-4-10(2)14-13(17)11(3)15(8-9-16)12-6-5-7-12/h10-12,16H,4-9H2,1-3H3,(H,14,17). The van der Waals surface area contributed by atoms with Crippen LogP contribution in [-0.2, 0) is 4.79 Å². The fourth-order valence-corrected chi connectivity index (χ4v) is 2.14. The summed E-state index contributed by atoms with van der Waals surface area (Å²) < 4.78 is 0. The summed E-state index contributed by atoms with van der Waals surface area (Å²) in [6.07, 6.45) is 4.50. The molecule has 1 saturated carbocycles. The number of nitrogens with one attached hydrogen (secondary N) is 1. The van der Waals surface area contributed by atoms with E-state index in [0.717, 1.165) is 19.3 Å². The van der Waals surface area contributed by atoms with Crippen molar-refractivity contribution in [2.75, 3.05) is 13.2 Å². The topological polar surface area (TPSA) is 52.6 Å². The second kappa shape index (κ2) is 6.97. The monoisotopic (exact) mass is 242 g/mol. The fourth-order valence-electron chi connectivity index (χ4n) is 2.14. The molecule has 17 heavy (non-hydrogen) atoms. The van der Waals surface area contributed by atoms with E-state index in [4.69, 9.17) is 5.11 Å². The minimum Gasteiger partial charge on any atom is -0.395 e. The fraction of sp³-hybridized carbons (Fsp3) is 0.923. The molecule has 1 amide bonds. The van der Waals surface area contributed by atoms with Gasteiger partial charge in [-0.2, -0.15) is 0 Å². The molecule has 4 heteroatoms. The molecule has 1 fully saturated rings. The predicted molar refractivity (Wildman–Crippen MR) is 68.8 cm³/mol. The van der Waals surface area contributed by atoms with Gasteiger partial charge in [0, 0.05) is 18.6 Å². The molecule has 2 atom stereocenters. The van der Waals surface area contributed by atoms with E-state index in [1.54, 1.807) is 0 Å². The van der Waals surface area contributed by atoms with Crippen LogP contribution in [0.4, 0.5) is 0 Å². The van der Waals surface area contributed by atoms with Crippen LogP contribution < -0.4 is 5.32 Å². The van der Waals surface area contributed by atoms with Gasteiger partial charge in [-0.25, -0.2) is 0 Å². The predicted octanol–water partition coefficient (Wildman–Crippen LogP) is 1.14. The summed E-state index contributed by atoms with van der Waals surface area (Å²) >= 11 is 0. The smallest absolute Gasteiger partial charge is 0.237 e. The number of aliphatic hydroxyl groups excluding tert-OH is 1. The lowest BCUT2D eigenvalue weighted by atomic mass is 9.90. The average Bonchev–Trinajstić information content (AvgIpc) is 2.24. The second-order valence-corrected chi connectivity index (χ2v) is 5.04. The molecule has 1 aliphatic carbocycles. The molecule has 4 nitrogen and oxygen atoms in total. The lowest BCUT2D eigenvalue weighted by Gasteiger charge is -2.40. The first-order valence-electron chi connectivity index (χ1n) is 6.77. The quantitative estimate of drug-likeness (QED) is 0.704. The van der Waals surface area contributed by atoms with Crippen molar-refractivity contribution < 1.29 is 9.90 Å². The van der Waals surface area contributed by atoms with Crippen LogP contribution in [0.15, 0.2) is 0 Å². The van der Waals surface area contributed by atoms with E-state index in [1.807, 2.05) is 13.8 Å². The lowest BCUT2D eigenvalue weighted by molar-refractivity contribution is -0.128. The van der Waals surface area contributed by atoms with Gasteiger partial charge in [-0.15, -0.1) is 0 Å². The van der Waals surface area contributed by atoms with Crippen molar-refractivity contribution >= 4 is 5.91 Å². The zero-order valence-electron chi connectivity index (χ0n) is 11.3. The molecule has 0 radical (unpaired) electrons. The summed E-state index contributed by atoms with van der Waals surface area (Å²) in [6.45, 7) is 6.74. The number of hydrogen-bond acceptors (Lipinski definition) is 3. The highest BCUT2D eigenvalue weighted by molar-refractivity contribution is 5.81. The van der Waals surface area contributed by atoms with E-state index in [1.165, 1.54) is 6.42 Å². The van der Waals surface area contributed by atoms with Crippen LogP contribution in [0.3, 0.4) is 0 Å². The molecular weight excluding hydrogens is 216 g/mol. The maximum Gasteiger partial charge on any atom is 0.237 e. The van der Waals surface area contributed by atoms with Crippen LogP contribution in [0.25, 0.3) is 0 Å². The summed E-state index contributed by atoms with van der Waals surface area (Å²) in [5.74, 6) is 0.0831. The molecule has 0 aliphatic heterocycles. The SMILES string of the molecule is CCC(C)NC(=O)C(C)N(CCO)C1CCC1. The van der Waals surface area contributed by atoms with Gasteiger partial charge in [0.2, 0.25) is 5.91 Å². The minimum absolute atomic E-state index is 0.0831. The molecule has 0 aromatic heterocycles. The van der Waals surface area contributed by atoms with E-state index in [0.29, 0.717) is 12.6 Å². The van der Waals surface area contributed by atoms with Gasteiger partial charge in [0.15, 0.2) is 0 Å². The summed E-state index contributed by atoms with van der Waals surface area (Å²) in [7, 11) is 0. The zero-order chi connectivity index (χ0) is 12.8. The molecule has 0 saturated heterocycles. The summed E-state index contributed by atoms with van der Waals surface area (Å²) in [5.41, 5.74) is 0. The zero-order valence-corrected chi connectivity index (χ0v) is 11.3. The Morgan fingerprint density at radius 1 is 1.47 bits per heavy atom. The number of nitrogens with zero attached hydrogens (tertiary/aromatic N) is 1. The highest BCUT2D eigenvalue weighted by Gasteiger charge is 2.31. The molecule has 0 heterocycles. The third kappa shape index (κ3) is 3.96. The van der Waals surface area contributed by atoms with E-state index < -0.39 is 0 Å². The van der Waals surface area contributed by atoms with Crippen molar-refractivity contribution in [1.29, 1.82) is 0 Å². The summed E-state index contributed by atoms with van der Waals surface area (Å²) in [4.78, 5) is 14.2. The first-order chi connectivity index (χ1) is 8.10. The van der Waals surface area contributed by atoms with Crippen LogP contribution in [0.1, 0.15) is 46.5 Å². The van der Waals surface area contributed by atoms with Crippen LogP contribution in [0, 0.1) is 0 Å². The van der Waals surface area contributed by atoms with Gasteiger partial charge in [-0.05, 0) is 33.1 Å². The first kappa shape index (κ1) is 14.5. The van der Waals surface area contributed by atoms with Gasteiger partial charge in [-0.3, -0.25) is 9.69 Å². The largest absolute Gasteiger partial charge is 0.395 e. The Hall–Kier alpha value is -0.610. The molecule has 100 valence electrons. The third-order valence-electron chi connectivity index (χ3n) is 3.78. The number of carbonyl (C=O) groups excluding carboxylic acids is 1. The number of rotatable bonds is 7.